The van der Waals surface area contributed by atoms with Gasteiger partial charge in [0.15, 0.2) is 5.83 Å². The Morgan fingerprint density at radius 2 is 1.83 bits per heavy atom. The van der Waals surface area contributed by atoms with E-state index < -0.39 is 21.9 Å². The predicted molar refractivity (Wildman–Crippen MR) is 114 cm³/mol. The highest BCUT2D eigenvalue weighted by Gasteiger charge is 2.40. The van der Waals surface area contributed by atoms with Crippen LogP contribution in [-0.4, -0.2) is 19.3 Å². The summed E-state index contributed by atoms with van der Waals surface area (Å²) in [6, 6.07) is 15.3. The van der Waals surface area contributed by atoms with E-state index in [2.05, 4.69) is 18.8 Å². The Hall–Kier alpha value is -2.42. The molecular weight excluding hydrogens is 385 g/mol. The second-order valence-electron chi connectivity index (χ2n) is 7.24. The fourth-order valence-corrected chi connectivity index (χ4v) is 5.10. The van der Waals surface area contributed by atoms with E-state index in [0.717, 1.165) is 24.0 Å². The Morgan fingerprint density at radius 1 is 1.14 bits per heavy atom. The lowest BCUT2D eigenvalue weighted by molar-refractivity contribution is 0.412. The molecule has 1 heterocycles. The molecule has 0 amide bonds. The van der Waals surface area contributed by atoms with Gasteiger partial charge in [0.25, 0.3) is 0 Å². The van der Waals surface area contributed by atoms with Crippen LogP contribution in [0.5, 0.6) is 0 Å². The van der Waals surface area contributed by atoms with Crippen LogP contribution in [0.15, 0.2) is 70.9 Å². The van der Waals surface area contributed by atoms with Crippen molar-refractivity contribution in [3.63, 3.8) is 0 Å². The van der Waals surface area contributed by atoms with Crippen LogP contribution in [0.1, 0.15) is 49.8 Å². The predicted octanol–water partition coefficient (Wildman–Crippen LogP) is 5.55. The number of benzene rings is 2. The summed E-state index contributed by atoms with van der Waals surface area (Å²) in [5.74, 6) is 4.99. The molecule has 0 aromatic heterocycles. The van der Waals surface area contributed by atoms with Gasteiger partial charge in [0.05, 0.1) is 10.9 Å². The molecule has 0 N–H and O–H groups in total. The summed E-state index contributed by atoms with van der Waals surface area (Å²) in [6.45, 7) is 4.20. The first-order valence-corrected chi connectivity index (χ1v) is 11.4. The Kier molecular flexibility index (Phi) is 6.89. The van der Waals surface area contributed by atoms with Crippen LogP contribution < -0.4 is 0 Å². The minimum absolute atomic E-state index is 0.222. The Balaban J connectivity index is 2.03. The normalized spacial score (nSPS) is 18.9. The zero-order valence-corrected chi connectivity index (χ0v) is 17.7. The minimum atomic E-state index is -3.76. The van der Waals surface area contributed by atoms with E-state index in [1.165, 1.54) is 4.31 Å². The molecule has 1 unspecified atom stereocenters. The first-order chi connectivity index (χ1) is 13.9. The number of sulfonamides is 1. The number of unbranched alkanes of at least 4 members (excludes halogenated alkanes) is 2. The van der Waals surface area contributed by atoms with Gasteiger partial charge < -0.3 is 0 Å². The third-order valence-electron chi connectivity index (χ3n) is 5.10. The zero-order valence-electron chi connectivity index (χ0n) is 16.9. The van der Waals surface area contributed by atoms with Crippen molar-refractivity contribution in [2.24, 2.45) is 0 Å². The number of allylic oxidation sites excluding steroid dienone is 1. The SMILES string of the molecule is CCCCC#C/C(F)=C1/CCN(S(=O)(=O)c2ccc(C)cc2)C1c1ccccc1. The summed E-state index contributed by atoms with van der Waals surface area (Å²) in [6.07, 6.45) is 2.89. The van der Waals surface area contributed by atoms with Crippen molar-refractivity contribution < 1.29 is 12.8 Å². The van der Waals surface area contributed by atoms with E-state index in [1.54, 1.807) is 24.3 Å². The Bertz CT molecular complexity index is 1030. The van der Waals surface area contributed by atoms with Crippen LogP contribution in [0.25, 0.3) is 0 Å². The van der Waals surface area contributed by atoms with Crippen LogP contribution in [0.3, 0.4) is 0 Å². The van der Waals surface area contributed by atoms with E-state index in [-0.39, 0.29) is 11.4 Å². The average molecular weight is 412 g/mol. The smallest absolute Gasteiger partial charge is 0.207 e. The number of hydrogen-bond acceptors (Lipinski definition) is 2. The highest BCUT2D eigenvalue weighted by atomic mass is 32.2. The molecule has 1 atom stereocenters. The minimum Gasteiger partial charge on any atom is -0.207 e. The molecule has 0 bridgehead atoms. The van der Waals surface area contributed by atoms with Crippen molar-refractivity contribution >= 4 is 10.0 Å². The van der Waals surface area contributed by atoms with E-state index in [0.29, 0.717) is 18.4 Å². The molecule has 3 nitrogen and oxygen atoms in total. The maximum Gasteiger partial charge on any atom is 0.243 e. The number of aryl methyl sites for hydroxylation is 1. The standard InChI is InChI=1S/C24H26FNO2S/c1-3-4-5-9-12-23(25)22-17-18-26(24(22)20-10-7-6-8-11-20)29(27,28)21-15-13-19(2)14-16-21/h6-8,10-11,13-16,24H,3-5,17-18H2,1-2H3/b23-22+. The van der Waals surface area contributed by atoms with Crippen molar-refractivity contribution in [2.45, 2.75) is 50.5 Å². The molecule has 1 aliphatic rings. The van der Waals surface area contributed by atoms with Gasteiger partial charge in [-0.3, -0.25) is 0 Å². The van der Waals surface area contributed by atoms with Crippen molar-refractivity contribution in [3.05, 3.63) is 77.1 Å². The van der Waals surface area contributed by atoms with E-state index in [9.17, 15) is 12.8 Å². The average Bonchev–Trinajstić information content (AvgIpc) is 3.18. The highest BCUT2D eigenvalue weighted by molar-refractivity contribution is 7.89. The summed E-state index contributed by atoms with van der Waals surface area (Å²) in [5, 5.41) is 0. The van der Waals surface area contributed by atoms with Gasteiger partial charge in [0, 0.05) is 13.0 Å². The lowest BCUT2D eigenvalue weighted by Gasteiger charge is -2.25. The molecule has 3 rings (SSSR count). The highest BCUT2D eigenvalue weighted by Crippen LogP contribution is 2.42. The van der Waals surface area contributed by atoms with Gasteiger partial charge in [0.2, 0.25) is 10.0 Å². The summed E-state index contributed by atoms with van der Waals surface area (Å²) in [4.78, 5) is 0.222. The van der Waals surface area contributed by atoms with Crippen LogP contribution in [-0.2, 0) is 10.0 Å². The number of hydrogen-bond donors (Lipinski definition) is 0. The molecule has 1 fully saturated rings. The molecule has 5 heteroatoms. The summed E-state index contributed by atoms with van der Waals surface area (Å²) < 4.78 is 43.1. The molecule has 0 spiro atoms. The molecule has 29 heavy (non-hydrogen) atoms. The fraction of sp³-hybridized carbons (Fsp3) is 0.333. The molecule has 1 saturated heterocycles. The summed E-state index contributed by atoms with van der Waals surface area (Å²) in [5.41, 5.74) is 2.18. The lowest BCUT2D eigenvalue weighted by atomic mass is 9.99. The monoisotopic (exact) mass is 411 g/mol. The van der Waals surface area contributed by atoms with Gasteiger partial charge in [-0.25, -0.2) is 8.42 Å². The number of rotatable bonds is 5. The van der Waals surface area contributed by atoms with Gasteiger partial charge in [-0.05, 0) is 49.0 Å². The van der Waals surface area contributed by atoms with Crippen molar-refractivity contribution in [1.82, 2.24) is 4.31 Å². The molecular formula is C24H26FNO2S. The van der Waals surface area contributed by atoms with Crippen LogP contribution in [0.2, 0.25) is 0 Å². The van der Waals surface area contributed by atoms with Gasteiger partial charge in [-0.15, -0.1) is 0 Å². The Morgan fingerprint density at radius 3 is 2.48 bits per heavy atom. The van der Waals surface area contributed by atoms with Crippen LogP contribution >= 0.6 is 0 Å². The maximum atomic E-state index is 15.0. The van der Waals surface area contributed by atoms with E-state index in [4.69, 9.17) is 0 Å². The summed E-state index contributed by atoms with van der Waals surface area (Å²) in [7, 11) is -3.76. The van der Waals surface area contributed by atoms with E-state index >= 15 is 0 Å². The second-order valence-corrected chi connectivity index (χ2v) is 9.13. The molecule has 0 radical (unpaired) electrons. The van der Waals surface area contributed by atoms with Crippen LogP contribution in [0, 0.1) is 18.8 Å². The van der Waals surface area contributed by atoms with Gasteiger partial charge in [-0.1, -0.05) is 67.3 Å². The molecule has 2 aromatic carbocycles. The van der Waals surface area contributed by atoms with Crippen LogP contribution in [0.4, 0.5) is 4.39 Å². The van der Waals surface area contributed by atoms with Gasteiger partial charge in [0.1, 0.15) is 0 Å². The third kappa shape index (κ3) is 4.77. The second kappa shape index (κ2) is 9.39. The molecule has 0 saturated carbocycles. The first-order valence-electron chi connectivity index (χ1n) is 9.96. The maximum absolute atomic E-state index is 15.0. The summed E-state index contributed by atoms with van der Waals surface area (Å²) >= 11 is 0. The van der Waals surface area contributed by atoms with Gasteiger partial charge in [-0.2, -0.15) is 8.70 Å². The third-order valence-corrected chi connectivity index (χ3v) is 6.98. The van der Waals surface area contributed by atoms with Gasteiger partial charge >= 0.3 is 0 Å². The largest absolute Gasteiger partial charge is 0.243 e. The number of halogens is 1. The zero-order chi connectivity index (χ0) is 20.9. The quantitative estimate of drug-likeness (QED) is 0.478. The molecule has 0 aliphatic carbocycles. The Labute approximate surface area is 173 Å². The van der Waals surface area contributed by atoms with Crippen molar-refractivity contribution in [3.8, 4) is 11.8 Å². The fourth-order valence-electron chi connectivity index (χ4n) is 3.49. The van der Waals surface area contributed by atoms with Crippen molar-refractivity contribution in [1.29, 1.82) is 0 Å². The molecule has 152 valence electrons. The molecule has 1 aliphatic heterocycles. The number of nitrogens with zero attached hydrogens (tertiary/aromatic N) is 1. The molecule has 2 aromatic rings. The van der Waals surface area contributed by atoms with E-state index in [1.807, 2.05) is 37.3 Å². The topological polar surface area (TPSA) is 37.4 Å². The lowest BCUT2D eigenvalue weighted by Crippen LogP contribution is -2.31. The first kappa shape index (κ1) is 21.3. The van der Waals surface area contributed by atoms with Crippen molar-refractivity contribution in [2.75, 3.05) is 6.54 Å².